The van der Waals surface area contributed by atoms with Crippen LogP contribution in [-0.2, 0) is 44.9 Å². The van der Waals surface area contributed by atoms with Crippen LogP contribution in [0.2, 0.25) is 0 Å². The molecule has 13 heteroatoms. The van der Waals surface area contributed by atoms with Crippen molar-refractivity contribution >= 4 is 45.5 Å². The maximum atomic E-state index is 14.3. The first-order chi connectivity index (χ1) is 25.5. The Bertz CT molecular complexity index is 2230. The Morgan fingerprint density at radius 3 is 1.43 bits per heavy atom. The highest BCUT2D eigenvalue weighted by molar-refractivity contribution is 5.95. The number of carbonyl (C=O) groups is 4. The molecule has 13 nitrogen and oxygen atoms in total. The van der Waals surface area contributed by atoms with Crippen LogP contribution in [0.3, 0.4) is 0 Å². The Kier molecular flexibility index (Phi) is 11.0. The number of carboxylic acid groups (broad SMARTS) is 1. The molecule has 0 fully saturated rings. The Labute approximate surface area is 304 Å². The summed E-state index contributed by atoms with van der Waals surface area (Å²) < 4.78 is 0. The van der Waals surface area contributed by atoms with Crippen LogP contribution >= 0.6 is 0 Å². The van der Waals surface area contributed by atoms with E-state index in [-0.39, 0.29) is 37.2 Å². The number of fused-ring (bicyclic) bond motifs is 2. The van der Waals surface area contributed by atoms with Gasteiger partial charge in [-0.15, -0.1) is 0 Å². The van der Waals surface area contributed by atoms with Gasteiger partial charge in [0.15, 0.2) is 0 Å². The van der Waals surface area contributed by atoms with Crippen molar-refractivity contribution < 1.29 is 34.5 Å². The lowest BCUT2D eigenvalue weighted by Crippen LogP contribution is -2.58. The van der Waals surface area contributed by atoms with Crippen molar-refractivity contribution in [3.8, 4) is 11.5 Å². The van der Waals surface area contributed by atoms with Crippen molar-refractivity contribution in [3.05, 3.63) is 132 Å². The first-order valence-corrected chi connectivity index (χ1v) is 17.1. The number of nitrogens with two attached hydrogens (primary N) is 1. The lowest BCUT2D eigenvalue weighted by molar-refractivity contribution is -0.142. The number of phenols is 2. The number of aromatic hydroxyl groups is 2. The van der Waals surface area contributed by atoms with Crippen molar-refractivity contribution in [3.63, 3.8) is 0 Å². The normalized spacial score (nSPS) is 13.5. The van der Waals surface area contributed by atoms with Gasteiger partial charge in [0.1, 0.15) is 29.6 Å². The van der Waals surface area contributed by atoms with Crippen LogP contribution in [0.4, 0.5) is 0 Å². The summed E-state index contributed by atoms with van der Waals surface area (Å²) in [7, 11) is 0. The van der Waals surface area contributed by atoms with Gasteiger partial charge in [-0.1, -0.05) is 60.7 Å². The van der Waals surface area contributed by atoms with E-state index in [4.69, 9.17) is 5.73 Å². The summed E-state index contributed by atoms with van der Waals surface area (Å²) in [5.74, 6) is -3.21. The summed E-state index contributed by atoms with van der Waals surface area (Å²) in [6, 6.07) is 22.4. The number of H-pyrrole nitrogens is 2. The quantitative estimate of drug-likeness (QED) is 0.0766. The smallest absolute Gasteiger partial charge is 0.326 e. The van der Waals surface area contributed by atoms with Crippen molar-refractivity contribution in [2.24, 2.45) is 5.73 Å². The van der Waals surface area contributed by atoms with E-state index in [0.717, 1.165) is 27.4 Å². The number of aromatic nitrogens is 2. The molecule has 0 spiro atoms. The monoisotopic (exact) mass is 716 g/mol. The minimum absolute atomic E-state index is 0.00124. The van der Waals surface area contributed by atoms with Crippen LogP contribution in [0, 0.1) is 0 Å². The predicted molar refractivity (Wildman–Crippen MR) is 199 cm³/mol. The SMILES string of the molecule is N[C@@H](Cc1ccc(O)cc1)C(=O)N[C@@H](Cc1c[nH]c2ccccc12)C(=O)N[C@@H](Cc1c[nH]c2ccccc12)C(=O)N[C@@H](Cc1ccc(O)cc1)C(=O)O. The highest BCUT2D eigenvalue weighted by Gasteiger charge is 2.32. The van der Waals surface area contributed by atoms with E-state index in [1.165, 1.54) is 24.3 Å². The molecule has 272 valence electrons. The summed E-state index contributed by atoms with van der Waals surface area (Å²) in [6.45, 7) is 0. The van der Waals surface area contributed by atoms with Gasteiger partial charge < -0.3 is 47.0 Å². The molecule has 3 amide bonds. The summed E-state index contributed by atoms with van der Waals surface area (Å²) >= 11 is 0. The van der Waals surface area contributed by atoms with Crippen LogP contribution < -0.4 is 21.7 Å². The minimum Gasteiger partial charge on any atom is -0.508 e. The van der Waals surface area contributed by atoms with Gasteiger partial charge in [0, 0.05) is 53.5 Å². The molecule has 53 heavy (non-hydrogen) atoms. The Morgan fingerprint density at radius 2 is 0.962 bits per heavy atom. The number of hydrogen-bond donors (Lipinski definition) is 9. The number of rotatable bonds is 15. The van der Waals surface area contributed by atoms with Crippen LogP contribution in [0.1, 0.15) is 22.3 Å². The lowest BCUT2D eigenvalue weighted by Gasteiger charge is -2.25. The summed E-state index contributed by atoms with van der Waals surface area (Å²) in [6.07, 6.45) is 3.60. The molecule has 0 radical (unpaired) electrons. The third kappa shape index (κ3) is 9.01. The van der Waals surface area contributed by atoms with E-state index >= 15 is 0 Å². The van der Waals surface area contributed by atoms with Crippen molar-refractivity contribution in [2.75, 3.05) is 0 Å². The molecule has 0 bridgehead atoms. The minimum atomic E-state index is -1.35. The van der Waals surface area contributed by atoms with Gasteiger partial charge >= 0.3 is 5.97 Å². The van der Waals surface area contributed by atoms with Gasteiger partial charge in [-0.25, -0.2) is 4.79 Å². The highest BCUT2D eigenvalue weighted by atomic mass is 16.4. The van der Waals surface area contributed by atoms with Gasteiger partial charge in [0.25, 0.3) is 0 Å². The van der Waals surface area contributed by atoms with Crippen LogP contribution in [-0.4, -0.2) is 73.1 Å². The maximum absolute atomic E-state index is 14.3. The van der Waals surface area contributed by atoms with E-state index in [9.17, 15) is 34.5 Å². The van der Waals surface area contributed by atoms with E-state index in [1.54, 1.807) is 36.7 Å². The second-order valence-corrected chi connectivity index (χ2v) is 13.0. The molecule has 0 unspecified atom stereocenters. The summed E-state index contributed by atoms with van der Waals surface area (Å²) in [5, 5.41) is 39.2. The lowest BCUT2D eigenvalue weighted by atomic mass is 10.00. The number of hydrogen-bond acceptors (Lipinski definition) is 7. The number of amides is 3. The van der Waals surface area contributed by atoms with Gasteiger partial charge in [-0.2, -0.15) is 0 Å². The second-order valence-electron chi connectivity index (χ2n) is 13.0. The van der Waals surface area contributed by atoms with Gasteiger partial charge in [-0.3, -0.25) is 14.4 Å². The van der Waals surface area contributed by atoms with Gasteiger partial charge in [-0.05, 0) is 65.1 Å². The van der Waals surface area contributed by atoms with E-state index < -0.39 is 47.9 Å². The molecule has 4 aromatic carbocycles. The average molecular weight is 717 g/mol. The first kappa shape index (κ1) is 36.2. The molecule has 6 aromatic rings. The summed E-state index contributed by atoms with van der Waals surface area (Å²) in [4.78, 5) is 60.5. The third-order valence-corrected chi connectivity index (χ3v) is 9.18. The van der Waals surface area contributed by atoms with Crippen LogP contribution in [0.5, 0.6) is 11.5 Å². The fourth-order valence-corrected chi connectivity index (χ4v) is 6.33. The largest absolute Gasteiger partial charge is 0.508 e. The molecule has 6 rings (SSSR count). The zero-order valence-corrected chi connectivity index (χ0v) is 28.6. The number of benzene rings is 4. The van der Waals surface area contributed by atoms with Crippen LogP contribution in [0.15, 0.2) is 109 Å². The molecule has 0 aliphatic heterocycles. The number of carbonyl (C=O) groups excluding carboxylic acids is 3. The maximum Gasteiger partial charge on any atom is 0.326 e. The van der Waals surface area contributed by atoms with E-state index in [0.29, 0.717) is 16.7 Å². The molecule has 0 saturated heterocycles. The Hall–Kier alpha value is -6.60. The Balaban J connectivity index is 1.27. The van der Waals surface area contributed by atoms with Crippen molar-refractivity contribution in [2.45, 2.75) is 49.9 Å². The molecule has 10 N–H and O–H groups in total. The summed E-state index contributed by atoms with van der Waals surface area (Å²) in [5.41, 5.74) is 10.7. The number of phenolic OH excluding ortho intramolecular Hbond substituents is 2. The van der Waals surface area contributed by atoms with Gasteiger partial charge in [0.05, 0.1) is 6.04 Å². The molecular weight excluding hydrogens is 676 g/mol. The molecule has 4 atom stereocenters. The zero-order valence-electron chi connectivity index (χ0n) is 28.6. The van der Waals surface area contributed by atoms with Crippen molar-refractivity contribution in [1.29, 1.82) is 0 Å². The Morgan fingerprint density at radius 1 is 0.547 bits per heavy atom. The van der Waals surface area contributed by atoms with E-state index in [2.05, 4.69) is 25.9 Å². The zero-order chi connectivity index (χ0) is 37.5. The van der Waals surface area contributed by atoms with Gasteiger partial charge in [0.2, 0.25) is 17.7 Å². The second kappa shape index (κ2) is 16.2. The highest BCUT2D eigenvalue weighted by Crippen LogP contribution is 2.22. The fourth-order valence-electron chi connectivity index (χ4n) is 6.33. The average Bonchev–Trinajstić information content (AvgIpc) is 3.76. The number of aromatic amines is 2. The number of aliphatic carboxylic acids is 1. The van der Waals surface area contributed by atoms with E-state index in [1.807, 2.05) is 48.5 Å². The third-order valence-electron chi connectivity index (χ3n) is 9.18. The molecule has 0 saturated carbocycles. The standard InChI is InChI=1S/C40H40N6O7/c41-31(17-23-9-13-27(47)14-10-23)37(49)44-34(19-25-21-42-32-7-3-1-5-29(25)32)38(50)45-35(20-26-22-43-33-8-4-2-6-30(26)33)39(51)46-36(40(52)53)18-24-11-15-28(48)16-12-24/h1-16,21-22,31,34-36,42-43,47-48H,17-20,41H2,(H,44,49)(H,45,50)(H,46,51)(H,52,53)/t31-,34-,35-,36-/m0/s1. The molecule has 0 aliphatic rings. The molecular formula is C40H40N6O7. The number of nitrogens with one attached hydrogen (secondary N) is 5. The topological polar surface area (TPSA) is 223 Å². The van der Waals surface area contributed by atoms with Crippen LogP contribution in [0.25, 0.3) is 21.8 Å². The van der Waals surface area contributed by atoms with Crippen molar-refractivity contribution in [1.82, 2.24) is 25.9 Å². The number of carboxylic acids is 1. The molecule has 0 aliphatic carbocycles. The molecule has 2 aromatic heterocycles. The number of para-hydroxylation sites is 2. The fraction of sp³-hybridized carbons (Fsp3) is 0.200. The predicted octanol–water partition coefficient (Wildman–Crippen LogP) is 3.20. The molecule has 2 heterocycles. The first-order valence-electron chi connectivity index (χ1n) is 17.1.